The maximum Gasteiger partial charge on any atom is 0.337 e. The number of hydrogen-bond donors (Lipinski definition) is 4. The summed E-state index contributed by atoms with van der Waals surface area (Å²) in [5.41, 5.74) is 1.98. The van der Waals surface area contributed by atoms with Crippen LogP contribution in [-0.2, 0) is 9.47 Å². The lowest BCUT2D eigenvalue weighted by atomic mass is 9.99. The average Bonchev–Trinajstić information content (AvgIpc) is 2.74. The van der Waals surface area contributed by atoms with Gasteiger partial charge in [-0.1, -0.05) is 29.8 Å². The number of ether oxygens (including phenoxy) is 3. The molecule has 29 heavy (non-hydrogen) atoms. The molecule has 0 spiro atoms. The first-order chi connectivity index (χ1) is 13.8. The SMILES string of the molecule is COC(=O)c1ccc(-c2ccc(O[C@H]3OC(CO)[C@@H](O)C(O)[C@H]3O)c(Cl)c2)cc1. The number of rotatable bonds is 5. The van der Waals surface area contributed by atoms with Crippen LogP contribution in [0.15, 0.2) is 42.5 Å². The molecule has 1 aliphatic rings. The maximum atomic E-state index is 11.5. The number of aliphatic hydroxyl groups is 4. The van der Waals surface area contributed by atoms with Crippen LogP contribution in [0.1, 0.15) is 10.4 Å². The van der Waals surface area contributed by atoms with E-state index in [2.05, 4.69) is 4.74 Å². The highest BCUT2D eigenvalue weighted by Gasteiger charge is 2.44. The van der Waals surface area contributed by atoms with Crippen molar-refractivity contribution in [3.8, 4) is 16.9 Å². The Kier molecular flexibility index (Phi) is 6.74. The molecule has 1 saturated heterocycles. The highest BCUT2D eigenvalue weighted by Crippen LogP contribution is 2.33. The van der Waals surface area contributed by atoms with Crippen LogP contribution in [0.5, 0.6) is 5.75 Å². The fraction of sp³-hybridized carbons (Fsp3) is 0.350. The van der Waals surface area contributed by atoms with Crippen LogP contribution in [0.4, 0.5) is 0 Å². The molecule has 9 heteroatoms. The normalized spacial score (nSPS) is 26.8. The first-order valence-corrected chi connectivity index (χ1v) is 9.19. The van der Waals surface area contributed by atoms with Crippen molar-refractivity contribution < 1.29 is 39.4 Å². The van der Waals surface area contributed by atoms with Crippen molar-refractivity contribution in [3.63, 3.8) is 0 Å². The third-order valence-corrected chi connectivity index (χ3v) is 4.96. The van der Waals surface area contributed by atoms with Gasteiger partial charge in [0, 0.05) is 0 Å². The molecule has 2 unspecified atom stereocenters. The Morgan fingerprint density at radius 1 is 1.03 bits per heavy atom. The Morgan fingerprint density at radius 2 is 1.69 bits per heavy atom. The third kappa shape index (κ3) is 4.53. The minimum Gasteiger partial charge on any atom is -0.465 e. The molecular weight excluding hydrogens is 404 g/mol. The topological polar surface area (TPSA) is 126 Å². The van der Waals surface area contributed by atoms with E-state index in [1.165, 1.54) is 7.11 Å². The predicted molar refractivity (Wildman–Crippen MR) is 103 cm³/mol. The molecule has 2 aromatic carbocycles. The van der Waals surface area contributed by atoms with Crippen molar-refractivity contribution >= 4 is 17.6 Å². The second kappa shape index (κ2) is 9.08. The molecule has 0 saturated carbocycles. The molecular formula is C20H21ClO8. The van der Waals surface area contributed by atoms with Crippen molar-refractivity contribution in [2.45, 2.75) is 30.7 Å². The quantitative estimate of drug-likeness (QED) is 0.523. The molecule has 1 aliphatic heterocycles. The van der Waals surface area contributed by atoms with Gasteiger partial charge in [-0.05, 0) is 35.4 Å². The second-order valence-corrected chi connectivity index (χ2v) is 6.94. The van der Waals surface area contributed by atoms with Crippen LogP contribution in [0.2, 0.25) is 5.02 Å². The van der Waals surface area contributed by atoms with Gasteiger partial charge in [0.05, 0.1) is 24.3 Å². The van der Waals surface area contributed by atoms with Gasteiger partial charge in [-0.3, -0.25) is 0 Å². The molecule has 0 amide bonds. The van der Waals surface area contributed by atoms with Gasteiger partial charge in [0.25, 0.3) is 0 Å². The zero-order valence-electron chi connectivity index (χ0n) is 15.4. The molecule has 1 heterocycles. The fourth-order valence-corrected chi connectivity index (χ4v) is 3.21. The van der Waals surface area contributed by atoms with Gasteiger partial charge in [-0.15, -0.1) is 0 Å². The number of methoxy groups -OCH3 is 1. The molecule has 3 rings (SSSR count). The summed E-state index contributed by atoms with van der Waals surface area (Å²) >= 11 is 6.29. The molecule has 156 valence electrons. The Hall–Kier alpha value is -2.20. The Balaban J connectivity index is 1.77. The largest absolute Gasteiger partial charge is 0.465 e. The summed E-state index contributed by atoms with van der Waals surface area (Å²) in [6.45, 7) is -0.557. The molecule has 0 bridgehead atoms. The van der Waals surface area contributed by atoms with Gasteiger partial charge < -0.3 is 34.6 Å². The van der Waals surface area contributed by atoms with E-state index in [4.69, 9.17) is 21.1 Å². The summed E-state index contributed by atoms with van der Waals surface area (Å²) in [5.74, 6) is -0.246. The zero-order valence-corrected chi connectivity index (χ0v) is 16.2. The first kappa shape index (κ1) is 21.5. The van der Waals surface area contributed by atoms with E-state index in [1.807, 2.05) is 0 Å². The van der Waals surface area contributed by atoms with Crippen molar-refractivity contribution in [1.29, 1.82) is 0 Å². The maximum absolute atomic E-state index is 11.5. The van der Waals surface area contributed by atoms with Crippen molar-refractivity contribution in [2.75, 3.05) is 13.7 Å². The van der Waals surface area contributed by atoms with Crippen LogP contribution < -0.4 is 4.74 Å². The van der Waals surface area contributed by atoms with E-state index in [-0.39, 0.29) is 10.8 Å². The first-order valence-electron chi connectivity index (χ1n) is 8.81. The third-order valence-electron chi connectivity index (χ3n) is 4.66. The molecule has 8 nitrogen and oxygen atoms in total. The highest BCUT2D eigenvalue weighted by atomic mass is 35.5. The number of hydrogen-bond acceptors (Lipinski definition) is 8. The fourth-order valence-electron chi connectivity index (χ4n) is 2.98. The summed E-state index contributed by atoms with van der Waals surface area (Å²) < 4.78 is 15.5. The van der Waals surface area contributed by atoms with Gasteiger partial charge in [0.1, 0.15) is 30.2 Å². The number of benzene rings is 2. The summed E-state index contributed by atoms with van der Waals surface area (Å²) in [7, 11) is 1.31. The molecule has 2 aromatic rings. The molecule has 1 fully saturated rings. The van der Waals surface area contributed by atoms with Crippen LogP contribution in [-0.4, -0.2) is 70.8 Å². The van der Waals surface area contributed by atoms with Crippen molar-refractivity contribution in [3.05, 3.63) is 53.1 Å². The van der Waals surface area contributed by atoms with Crippen LogP contribution >= 0.6 is 11.6 Å². The lowest BCUT2D eigenvalue weighted by molar-refractivity contribution is -0.277. The van der Waals surface area contributed by atoms with E-state index >= 15 is 0 Å². The number of aliphatic hydroxyl groups excluding tert-OH is 4. The van der Waals surface area contributed by atoms with Gasteiger partial charge >= 0.3 is 5.97 Å². The number of carbonyl (C=O) groups is 1. The lowest BCUT2D eigenvalue weighted by Crippen LogP contribution is -2.60. The Morgan fingerprint density at radius 3 is 2.28 bits per heavy atom. The van der Waals surface area contributed by atoms with E-state index in [0.717, 1.165) is 11.1 Å². The number of carbonyl (C=O) groups excluding carboxylic acids is 1. The minimum absolute atomic E-state index is 0.186. The van der Waals surface area contributed by atoms with Gasteiger partial charge in [-0.25, -0.2) is 4.79 Å². The second-order valence-electron chi connectivity index (χ2n) is 6.53. The van der Waals surface area contributed by atoms with E-state index in [9.17, 15) is 25.2 Å². The number of esters is 1. The van der Waals surface area contributed by atoms with Crippen molar-refractivity contribution in [1.82, 2.24) is 0 Å². The highest BCUT2D eigenvalue weighted by molar-refractivity contribution is 6.32. The summed E-state index contributed by atoms with van der Waals surface area (Å²) in [6.07, 6.45) is -6.95. The van der Waals surface area contributed by atoms with Gasteiger partial charge in [-0.2, -0.15) is 0 Å². The monoisotopic (exact) mass is 424 g/mol. The standard InChI is InChI=1S/C20H21ClO8/c1-27-19(26)11-4-2-10(3-5-11)12-6-7-14(13(21)8-12)28-20-18(25)17(24)16(23)15(9-22)29-20/h2-8,15-18,20,22-25H,9H2,1H3/t15?,16-,17?,18-,20+/m1/s1. The Bertz CT molecular complexity index is 854. The van der Waals surface area contributed by atoms with Crippen LogP contribution in [0.3, 0.4) is 0 Å². The molecule has 0 aromatic heterocycles. The molecule has 5 atom stereocenters. The molecule has 4 N–H and O–H groups in total. The summed E-state index contributed by atoms with van der Waals surface area (Å²) in [4.78, 5) is 11.5. The molecule has 0 radical (unpaired) electrons. The lowest BCUT2D eigenvalue weighted by Gasteiger charge is -2.39. The zero-order chi connectivity index (χ0) is 21.1. The summed E-state index contributed by atoms with van der Waals surface area (Å²) in [5, 5.41) is 39.2. The molecule has 0 aliphatic carbocycles. The minimum atomic E-state index is -1.54. The van der Waals surface area contributed by atoms with Crippen molar-refractivity contribution in [2.24, 2.45) is 0 Å². The smallest absolute Gasteiger partial charge is 0.337 e. The predicted octanol–water partition coefficient (Wildman–Crippen LogP) is 0.972. The Labute approximate surface area is 171 Å². The van der Waals surface area contributed by atoms with Gasteiger partial charge in [0.15, 0.2) is 0 Å². The summed E-state index contributed by atoms with van der Waals surface area (Å²) in [6, 6.07) is 11.7. The van der Waals surface area contributed by atoms with Crippen LogP contribution in [0.25, 0.3) is 11.1 Å². The van der Waals surface area contributed by atoms with E-state index < -0.39 is 43.3 Å². The van der Waals surface area contributed by atoms with Crippen LogP contribution in [0, 0.1) is 0 Å². The van der Waals surface area contributed by atoms with E-state index in [0.29, 0.717) is 5.56 Å². The van der Waals surface area contributed by atoms with Gasteiger partial charge in [0.2, 0.25) is 6.29 Å². The average molecular weight is 425 g/mol. The van der Waals surface area contributed by atoms with E-state index in [1.54, 1.807) is 42.5 Å². The number of halogens is 1.